The van der Waals surface area contributed by atoms with Gasteiger partial charge in [0.05, 0.1) is 3.79 Å². The molecule has 1 unspecified atom stereocenters. The molecule has 0 fully saturated rings. The number of benzene rings is 1. The number of thiophene rings is 1. The highest BCUT2D eigenvalue weighted by Gasteiger charge is 2.10. The van der Waals surface area contributed by atoms with Crippen LogP contribution in [0.2, 0.25) is 0 Å². The van der Waals surface area contributed by atoms with Gasteiger partial charge >= 0.3 is 0 Å². The molecule has 0 saturated carbocycles. The predicted octanol–water partition coefficient (Wildman–Crippen LogP) is 4.65. The van der Waals surface area contributed by atoms with Crippen LogP contribution in [0.4, 0.5) is 0 Å². The molecule has 0 saturated heterocycles. The largest absolute Gasteiger partial charge is 0.316 e. The van der Waals surface area contributed by atoms with Crippen molar-refractivity contribution >= 4 is 43.2 Å². The van der Waals surface area contributed by atoms with Gasteiger partial charge in [0.25, 0.3) is 0 Å². The molecule has 1 aromatic heterocycles. The van der Waals surface area contributed by atoms with Crippen molar-refractivity contribution in [3.63, 3.8) is 0 Å². The Labute approximate surface area is 129 Å². The van der Waals surface area contributed by atoms with Gasteiger partial charge < -0.3 is 5.32 Å². The molecule has 1 nitrogen and oxygen atoms in total. The van der Waals surface area contributed by atoms with Crippen molar-refractivity contribution < 1.29 is 0 Å². The highest BCUT2D eigenvalue weighted by molar-refractivity contribution is 9.11. The summed E-state index contributed by atoms with van der Waals surface area (Å²) in [4.78, 5) is 1.42. The average Bonchev–Trinajstić information content (AvgIpc) is 2.77. The standard InChI is InChI=1S/C14H15Br2NS/c1-17-12(9-13-6-7-14(16)18-13)8-10-2-4-11(15)5-3-10/h2-7,12,17H,8-9H2,1H3. The summed E-state index contributed by atoms with van der Waals surface area (Å²) in [6.07, 6.45) is 2.13. The van der Waals surface area contributed by atoms with Crippen LogP contribution in [0.3, 0.4) is 0 Å². The third-order valence-corrected chi connectivity index (χ3v) is 5.05. The normalized spacial score (nSPS) is 12.6. The fraction of sp³-hybridized carbons (Fsp3) is 0.286. The Hall–Kier alpha value is -0.160. The summed E-state index contributed by atoms with van der Waals surface area (Å²) in [5.74, 6) is 0. The van der Waals surface area contributed by atoms with Gasteiger partial charge in [0.2, 0.25) is 0 Å². The van der Waals surface area contributed by atoms with Crippen molar-refractivity contribution in [3.05, 3.63) is 55.1 Å². The highest BCUT2D eigenvalue weighted by atomic mass is 79.9. The van der Waals surface area contributed by atoms with Crippen LogP contribution in [0, 0.1) is 0 Å². The third kappa shape index (κ3) is 4.19. The third-order valence-electron chi connectivity index (χ3n) is 2.88. The van der Waals surface area contributed by atoms with E-state index in [0.717, 1.165) is 17.3 Å². The summed E-state index contributed by atoms with van der Waals surface area (Å²) in [6, 6.07) is 13.4. The second kappa shape index (κ2) is 6.85. The van der Waals surface area contributed by atoms with Crippen LogP contribution in [0.15, 0.2) is 44.7 Å². The van der Waals surface area contributed by atoms with E-state index in [4.69, 9.17) is 0 Å². The fourth-order valence-electron chi connectivity index (χ4n) is 1.89. The molecule has 1 heterocycles. The van der Waals surface area contributed by atoms with Crippen LogP contribution in [0.5, 0.6) is 0 Å². The SMILES string of the molecule is CNC(Cc1ccc(Br)cc1)Cc1ccc(Br)s1. The first-order chi connectivity index (χ1) is 8.67. The van der Waals surface area contributed by atoms with Crippen molar-refractivity contribution in [1.29, 1.82) is 0 Å². The van der Waals surface area contributed by atoms with E-state index < -0.39 is 0 Å². The van der Waals surface area contributed by atoms with E-state index in [2.05, 4.69) is 73.6 Å². The van der Waals surface area contributed by atoms with Gasteiger partial charge in [-0.05, 0) is 65.6 Å². The van der Waals surface area contributed by atoms with Gasteiger partial charge in [-0.15, -0.1) is 11.3 Å². The Bertz CT molecular complexity index is 493. The number of nitrogens with one attached hydrogen (secondary N) is 1. The van der Waals surface area contributed by atoms with E-state index in [1.165, 1.54) is 14.2 Å². The van der Waals surface area contributed by atoms with Crippen LogP contribution in [0.25, 0.3) is 0 Å². The van der Waals surface area contributed by atoms with E-state index in [-0.39, 0.29) is 0 Å². The molecule has 0 aliphatic carbocycles. The zero-order valence-electron chi connectivity index (χ0n) is 10.1. The van der Waals surface area contributed by atoms with Crippen LogP contribution in [0.1, 0.15) is 10.4 Å². The van der Waals surface area contributed by atoms with Crippen molar-refractivity contribution in [1.82, 2.24) is 5.32 Å². The topological polar surface area (TPSA) is 12.0 Å². The maximum absolute atomic E-state index is 3.51. The minimum absolute atomic E-state index is 0.483. The Balaban J connectivity index is 1.99. The molecule has 2 aromatic rings. The van der Waals surface area contributed by atoms with Crippen molar-refractivity contribution in [2.45, 2.75) is 18.9 Å². The molecule has 0 aliphatic rings. The Morgan fingerprint density at radius 3 is 2.33 bits per heavy atom. The highest BCUT2D eigenvalue weighted by Crippen LogP contribution is 2.23. The second-order valence-corrected chi connectivity index (χ2v) is 7.69. The number of hydrogen-bond donors (Lipinski definition) is 1. The first-order valence-corrected chi connectivity index (χ1v) is 8.23. The lowest BCUT2D eigenvalue weighted by molar-refractivity contribution is 0.560. The van der Waals surface area contributed by atoms with Gasteiger partial charge in [0, 0.05) is 15.4 Å². The van der Waals surface area contributed by atoms with E-state index in [1.54, 1.807) is 0 Å². The van der Waals surface area contributed by atoms with Crippen LogP contribution < -0.4 is 5.32 Å². The molecule has 0 bridgehead atoms. The molecule has 18 heavy (non-hydrogen) atoms. The molecule has 0 aliphatic heterocycles. The minimum atomic E-state index is 0.483. The molecule has 0 radical (unpaired) electrons. The molecule has 0 amide bonds. The van der Waals surface area contributed by atoms with E-state index in [9.17, 15) is 0 Å². The predicted molar refractivity (Wildman–Crippen MR) is 86.4 cm³/mol. The summed E-state index contributed by atoms with van der Waals surface area (Å²) >= 11 is 8.79. The van der Waals surface area contributed by atoms with Crippen LogP contribution >= 0.6 is 43.2 Å². The van der Waals surface area contributed by atoms with E-state index in [1.807, 2.05) is 18.4 Å². The molecule has 96 valence electrons. The second-order valence-electron chi connectivity index (χ2n) is 4.23. The lowest BCUT2D eigenvalue weighted by Crippen LogP contribution is -2.29. The summed E-state index contributed by atoms with van der Waals surface area (Å²) in [6.45, 7) is 0. The lowest BCUT2D eigenvalue weighted by atomic mass is 10.0. The Kier molecular flexibility index (Phi) is 5.42. The molecule has 4 heteroatoms. The zero-order valence-corrected chi connectivity index (χ0v) is 14.1. The van der Waals surface area contributed by atoms with Gasteiger partial charge in [0.1, 0.15) is 0 Å². The summed E-state index contributed by atoms with van der Waals surface area (Å²) < 4.78 is 2.34. The van der Waals surface area contributed by atoms with Gasteiger partial charge in [-0.1, -0.05) is 28.1 Å². The first kappa shape index (κ1) is 14.3. The maximum Gasteiger partial charge on any atom is 0.0701 e. The van der Waals surface area contributed by atoms with Crippen molar-refractivity contribution in [3.8, 4) is 0 Å². The van der Waals surface area contributed by atoms with E-state index in [0.29, 0.717) is 6.04 Å². The smallest absolute Gasteiger partial charge is 0.0701 e. The Morgan fingerprint density at radius 1 is 1.06 bits per heavy atom. The van der Waals surface area contributed by atoms with Gasteiger partial charge in [-0.3, -0.25) is 0 Å². The Morgan fingerprint density at radius 2 is 1.78 bits per heavy atom. The minimum Gasteiger partial charge on any atom is -0.316 e. The van der Waals surface area contributed by atoms with Gasteiger partial charge in [-0.2, -0.15) is 0 Å². The molecule has 0 spiro atoms. The van der Waals surface area contributed by atoms with Crippen LogP contribution in [-0.2, 0) is 12.8 Å². The summed E-state index contributed by atoms with van der Waals surface area (Å²) in [5.41, 5.74) is 1.37. The summed E-state index contributed by atoms with van der Waals surface area (Å²) in [7, 11) is 2.03. The van der Waals surface area contributed by atoms with Crippen LogP contribution in [-0.4, -0.2) is 13.1 Å². The molecule has 1 atom stereocenters. The first-order valence-electron chi connectivity index (χ1n) is 5.83. The molecule has 2 rings (SSSR count). The average molecular weight is 389 g/mol. The quantitative estimate of drug-likeness (QED) is 0.786. The fourth-order valence-corrected chi connectivity index (χ4v) is 3.71. The van der Waals surface area contributed by atoms with Crippen molar-refractivity contribution in [2.24, 2.45) is 0 Å². The molecule has 1 aromatic carbocycles. The number of likely N-dealkylation sites (N-methyl/N-ethyl adjacent to an activating group) is 1. The van der Waals surface area contributed by atoms with Crippen molar-refractivity contribution in [2.75, 3.05) is 7.05 Å². The summed E-state index contributed by atoms with van der Waals surface area (Å²) in [5, 5.41) is 3.40. The lowest BCUT2D eigenvalue weighted by Gasteiger charge is -2.15. The van der Waals surface area contributed by atoms with Gasteiger partial charge in [0.15, 0.2) is 0 Å². The maximum atomic E-state index is 3.51. The van der Waals surface area contributed by atoms with Gasteiger partial charge in [-0.25, -0.2) is 0 Å². The number of rotatable bonds is 5. The molecular weight excluding hydrogens is 374 g/mol. The zero-order chi connectivity index (χ0) is 13.0. The molecule has 1 N–H and O–H groups in total. The van der Waals surface area contributed by atoms with E-state index >= 15 is 0 Å². The number of halogens is 2. The monoisotopic (exact) mass is 387 g/mol. The molecular formula is C14H15Br2NS. The number of hydrogen-bond acceptors (Lipinski definition) is 2.